The molecule has 1 aromatic carbocycles. The molecule has 1 amide bonds. The minimum absolute atomic E-state index is 0.105. The van der Waals surface area contributed by atoms with Gasteiger partial charge in [-0.1, -0.05) is 40.9 Å². The summed E-state index contributed by atoms with van der Waals surface area (Å²) in [7, 11) is 0. The van der Waals surface area contributed by atoms with Crippen molar-refractivity contribution in [1.29, 1.82) is 0 Å². The van der Waals surface area contributed by atoms with E-state index < -0.39 is 0 Å². The number of anilines is 2. The SMILES string of the molecule is CSc1nnc(SCC(=O)Nc2ccc(C)cc2N)s1. The first-order chi connectivity index (χ1) is 9.58. The maximum Gasteiger partial charge on any atom is 0.234 e. The Labute approximate surface area is 129 Å². The van der Waals surface area contributed by atoms with Crippen LogP contribution in [-0.2, 0) is 4.79 Å². The van der Waals surface area contributed by atoms with Crippen molar-refractivity contribution in [2.24, 2.45) is 0 Å². The Hall–Kier alpha value is -1.25. The van der Waals surface area contributed by atoms with E-state index >= 15 is 0 Å². The zero-order valence-electron chi connectivity index (χ0n) is 11.0. The molecule has 1 heterocycles. The molecule has 0 atom stereocenters. The Morgan fingerprint density at radius 1 is 1.40 bits per heavy atom. The van der Waals surface area contributed by atoms with Gasteiger partial charge in [0, 0.05) is 0 Å². The van der Waals surface area contributed by atoms with Crippen molar-refractivity contribution < 1.29 is 4.79 Å². The highest BCUT2D eigenvalue weighted by Crippen LogP contribution is 2.27. The van der Waals surface area contributed by atoms with Gasteiger partial charge in [-0.3, -0.25) is 4.79 Å². The molecule has 2 rings (SSSR count). The van der Waals surface area contributed by atoms with Crippen LogP contribution in [0.15, 0.2) is 26.9 Å². The van der Waals surface area contributed by atoms with Crippen LogP contribution in [0.4, 0.5) is 11.4 Å². The van der Waals surface area contributed by atoms with Gasteiger partial charge in [-0.25, -0.2) is 0 Å². The fraction of sp³-hybridized carbons (Fsp3) is 0.250. The van der Waals surface area contributed by atoms with Gasteiger partial charge in [0.15, 0.2) is 8.68 Å². The number of aryl methyl sites for hydroxylation is 1. The van der Waals surface area contributed by atoms with Gasteiger partial charge in [0.25, 0.3) is 0 Å². The molecular formula is C12H14N4OS3. The average Bonchev–Trinajstić information content (AvgIpc) is 2.88. The first-order valence-electron chi connectivity index (χ1n) is 5.75. The number of aromatic nitrogens is 2. The standard InChI is InChI=1S/C12H14N4OS3/c1-7-3-4-9(8(13)5-7)14-10(17)6-19-12-16-15-11(18-2)20-12/h3-5H,6,13H2,1-2H3,(H,14,17). The Balaban J connectivity index is 1.89. The summed E-state index contributed by atoms with van der Waals surface area (Å²) in [5.74, 6) is 0.183. The molecule has 2 aromatic rings. The minimum atomic E-state index is -0.105. The third-order valence-corrected chi connectivity index (χ3v) is 5.40. The number of amides is 1. The van der Waals surface area contributed by atoms with Crippen LogP contribution in [0.5, 0.6) is 0 Å². The number of hydrogen-bond acceptors (Lipinski definition) is 7. The van der Waals surface area contributed by atoms with Crippen molar-refractivity contribution in [3.05, 3.63) is 23.8 Å². The molecule has 8 heteroatoms. The highest BCUT2D eigenvalue weighted by Gasteiger charge is 2.09. The highest BCUT2D eigenvalue weighted by molar-refractivity contribution is 8.03. The first-order valence-corrected chi connectivity index (χ1v) is 8.77. The Kier molecular flexibility index (Phi) is 5.27. The lowest BCUT2D eigenvalue weighted by Gasteiger charge is -2.08. The molecule has 3 N–H and O–H groups in total. The van der Waals surface area contributed by atoms with Crippen molar-refractivity contribution in [2.75, 3.05) is 23.1 Å². The summed E-state index contributed by atoms with van der Waals surface area (Å²) in [6.07, 6.45) is 1.95. The van der Waals surface area contributed by atoms with E-state index in [-0.39, 0.29) is 11.7 Å². The van der Waals surface area contributed by atoms with E-state index in [1.54, 1.807) is 11.8 Å². The largest absolute Gasteiger partial charge is 0.397 e. The van der Waals surface area contributed by atoms with Gasteiger partial charge in [0.1, 0.15) is 0 Å². The van der Waals surface area contributed by atoms with Crippen molar-refractivity contribution >= 4 is 52.1 Å². The van der Waals surface area contributed by atoms with Gasteiger partial charge in [0.2, 0.25) is 5.91 Å². The van der Waals surface area contributed by atoms with Crippen LogP contribution in [0.3, 0.4) is 0 Å². The highest BCUT2D eigenvalue weighted by atomic mass is 32.2. The molecule has 0 spiro atoms. The van der Waals surface area contributed by atoms with Crippen LogP contribution < -0.4 is 11.1 Å². The molecule has 0 radical (unpaired) electrons. The molecule has 0 saturated heterocycles. The molecule has 106 valence electrons. The predicted octanol–water partition coefficient (Wildman–Crippen LogP) is 2.88. The molecule has 0 unspecified atom stereocenters. The van der Waals surface area contributed by atoms with Crippen molar-refractivity contribution in [2.45, 2.75) is 15.6 Å². The molecule has 0 fully saturated rings. The molecule has 0 saturated carbocycles. The predicted molar refractivity (Wildman–Crippen MR) is 86.6 cm³/mol. The number of rotatable bonds is 5. The third-order valence-electron chi connectivity index (χ3n) is 2.37. The molecular weight excluding hydrogens is 312 g/mol. The van der Waals surface area contributed by atoms with Crippen LogP contribution in [-0.4, -0.2) is 28.1 Å². The number of nitrogen functional groups attached to an aromatic ring is 1. The summed E-state index contributed by atoms with van der Waals surface area (Å²) >= 11 is 4.40. The maximum absolute atomic E-state index is 11.9. The quantitative estimate of drug-likeness (QED) is 0.649. The average molecular weight is 326 g/mol. The summed E-state index contributed by atoms with van der Waals surface area (Å²) in [6.45, 7) is 1.95. The number of carbonyl (C=O) groups is 1. The fourth-order valence-electron chi connectivity index (χ4n) is 1.45. The topological polar surface area (TPSA) is 80.9 Å². The lowest BCUT2D eigenvalue weighted by atomic mass is 10.2. The minimum Gasteiger partial charge on any atom is -0.397 e. The van der Waals surface area contributed by atoms with E-state index in [1.807, 2.05) is 31.4 Å². The van der Waals surface area contributed by atoms with Crippen molar-refractivity contribution in [3.63, 3.8) is 0 Å². The second-order valence-corrected chi connectivity index (χ2v) is 7.22. The Morgan fingerprint density at radius 2 is 2.15 bits per heavy atom. The fourth-order valence-corrected chi connectivity index (χ4v) is 3.69. The molecule has 20 heavy (non-hydrogen) atoms. The normalized spacial score (nSPS) is 10.5. The Bertz CT molecular complexity index is 614. The lowest BCUT2D eigenvalue weighted by molar-refractivity contribution is -0.113. The van der Waals surface area contributed by atoms with E-state index in [1.165, 1.54) is 23.1 Å². The van der Waals surface area contributed by atoms with Crippen LogP contribution in [0.1, 0.15) is 5.56 Å². The molecule has 0 aliphatic rings. The Morgan fingerprint density at radius 3 is 2.80 bits per heavy atom. The van der Waals surface area contributed by atoms with E-state index in [4.69, 9.17) is 5.73 Å². The van der Waals surface area contributed by atoms with Crippen molar-refractivity contribution in [3.8, 4) is 0 Å². The molecule has 0 aliphatic heterocycles. The number of thioether (sulfide) groups is 2. The molecule has 0 bridgehead atoms. The third kappa shape index (κ3) is 4.12. The lowest BCUT2D eigenvalue weighted by Crippen LogP contribution is -2.15. The summed E-state index contributed by atoms with van der Waals surface area (Å²) in [5, 5.41) is 10.8. The molecule has 0 aliphatic carbocycles. The summed E-state index contributed by atoms with van der Waals surface area (Å²) < 4.78 is 1.69. The van der Waals surface area contributed by atoms with Crippen LogP contribution in [0, 0.1) is 6.92 Å². The first kappa shape index (κ1) is 15.1. The van der Waals surface area contributed by atoms with Crippen LogP contribution >= 0.6 is 34.9 Å². The smallest absolute Gasteiger partial charge is 0.234 e. The van der Waals surface area contributed by atoms with E-state index in [0.717, 1.165) is 14.2 Å². The van der Waals surface area contributed by atoms with Gasteiger partial charge in [-0.05, 0) is 30.9 Å². The molecule has 1 aromatic heterocycles. The van der Waals surface area contributed by atoms with E-state index in [9.17, 15) is 4.79 Å². The second-order valence-electron chi connectivity index (χ2n) is 3.97. The van der Waals surface area contributed by atoms with E-state index in [0.29, 0.717) is 11.4 Å². The summed E-state index contributed by atoms with van der Waals surface area (Å²) in [6, 6.07) is 5.55. The van der Waals surface area contributed by atoms with Gasteiger partial charge in [-0.2, -0.15) is 0 Å². The van der Waals surface area contributed by atoms with Gasteiger partial charge >= 0.3 is 0 Å². The van der Waals surface area contributed by atoms with Gasteiger partial charge in [-0.15, -0.1) is 10.2 Å². The number of nitrogens with zero attached hydrogens (tertiary/aromatic N) is 2. The monoisotopic (exact) mass is 326 g/mol. The zero-order valence-corrected chi connectivity index (χ0v) is 13.5. The summed E-state index contributed by atoms with van der Waals surface area (Å²) in [4.78, 5) is 11.9. The number of nitrogens with one attached hydrogen (secondary N) is 1. The second kappa shape index (κ2) is 6.96. The molecule has 5 nitrogen and oxygen atoms in total. The zero-order chi connectivity index (χ0) is 14.5. The van der Waals surface area contributed by atoms with Crippen molar-refractivity contribution in [1.82, 2.24) is 10.2 Å². The maximum atomic E-state index is 11.9. The summed E-state index contributed by atoms with van der Waals surface area (Å²) in [5.41, 5.74) is 8.13. The van der Waals surface area contributed by atoms with Crippen LogP contribution in [0.25, 0.3) is 0 Å². The number of carbonyl (C=O) groups excluding carboxylic acids is 1. The number of nitrogens with two attached hydrogens (primary N) is 1. The number of benzene rings is 1. The van der Waals surface area contributed by atoms with E-state index in [2.05, 4.69) is 15.5 Å². The van der Waals surface area contributed by atoms with Crippen LogP contribution in [0.2, 0.25) is 0 Å². The number of hydrogen-bond donors (Lipinski definition) is 2. The van der Waals surface area contributed by atoms with Gasteiger partial charge in [0.05, 0.1) is 17.1 Å². The van der Waals surface area contributed by atoms with Gasteiger partial charge < -0.3 is 11.1 Å².